The van der Waals surface area contributed by atoms with E-state index in [1.165, 1.54) is 6.08 Å². The molecule has 1 aliphatic heterocycles. The highest BCUT2D eigenvalue weighted by Crippen LogP contribution is 2.39. The Morgan fingerprint density at radius 2 is 1.95 bits per heavy atom. The van der Waals surface area contributed by atoms with Crippen molar-refractivity contribution in [1.29, 1.82) is 0 Å². The van der Waals surface area contributed by atoms with Crippen molar-refractivity contribution in [2.45, 2.75) is 6.92 Å². The minimum absolute atomic E-state index is 0.241. The molecule has 3 heterocycles. The van der Waals surface area contributed by atoms with Crippen molar-refractivity contribution in [3.63, 3.8) is 0 Å². The van der Waals surface area contributed by atoms with E-state index in [0.717, 1.165) is 59.6 Å². The Balaban J connectivity index is 1.52. The Morgan fingerprint density at radius 3 is 2.72 bits per heavy atom. The summed E-state index contributed by atoms with van der Waals surface area (Å²) in [5.41, 5.74) is 6.07. The number of likely N-dealkylation sites (N-methyl/N-ethyl adjacent to an activating group) is 1. The SMILES string of the molecule is C=C/C=C\C(=O)Nc1cc(Nc2ncc(C)c(-c3c[nH]c4ccccc34)n2)c(OC)cc1N1CCN(C)CC1. The molecule has 0 atom stereocenters. The molecule has 0 bridgehead atoms. The van der Waals surface area contributed by atoms with Crippen LogP contribution in [0.5, 0.6) is 5.75 Å². The van der Waals surface area contributed by atoms with Gasteiger partial charge in [0, 0.05) is 67.2 Å². The van der Waals surface area contributed by atoms with Crippen LogP contribution in [0.4, 0.5) is 23.0 Å². The summed E-state index contributed by atoms with van der Waals surface area (Å²) in [6.07, 6.45) is 8.41. The van der Waals surface area contributed by atoms with Gasteiger partial charge < -0.3 is 30.2 Å². The van der Waals surface area contributed by atoms with Gasteiger partial charge in [0.2, 0.25) is 11.9 Å². The predicted octanol–water partition coefficient (Wildman–Crippen LogP) is 5.12. The molecule has 39 heavy (non-hydrogen) atoms. The largest absolute Gasteiger partial charge is 0.494 e. The van der Waals surface area contributed by atoms with Gasteiger partial charge in [-0.15, -0.1) is 0 Å². The normalized spacial score (nSPS) is 14.1. The van der Waals surface area contributed by atoms with Crippen molar-refractivity contribution < 1.29 is 9.53 Å². The van der Waals surface area contributed by atoms with Gasteiger partial charge in [-0.3, -0.25) is 4.79 Å². The molecule has 200 valence electrons. The molecule has 0 unspecified atom stereocenters. The fourth-order valence-electron chi connectivity index (χ4n) is 4.74. The Bertz CT molecular complexity index is 1530. The average molecular weight is 524 g/mol. The molecule has 4 aromatic rings. The Hall–Kier alpha value is -4.63. The quantitative estimate of drug-likeness (QED) is 0.218. The number of fused-ring (bicyclic) bond motifs is 1. The summed E-state index contributed by atoms with van der Waals surface area (Å²) in [4.78, 5) is 29.9. The average Bonchev–Trinajstić information content (AvgIpc) is 3.38. The molecule has 1 aliphatic rings. The second kappa shape index (κ2) is 11.4. The van der Waals surface area contributed by atoms with Crippen molar-refractivity contribution in [3.8, 4) is 17.0 Å². The van der Waals surface area contributed by atoms with Crippen LogP contribution in [0.2, 0.25) is 0 Å². The summed E-state index contributed by atoms with van der Waals surface area (Å²) >= 11 is 0. The van der Waals surface area contributed by atoms with Gasteiger partial charge in [0.25, 0.3) is 0 Å². The Labute approximate surface area is 228 Å². The molecular weight excluding hydrogens is 490 g/mol. The van der Waals surface area contributed by atoms with Gasteiger partial charge in [0.1, 0.15) is 5.75 Å². The molecular formula is C30H33N7O2. The molecule has 9 heteroatoms. The van der Waals surface area contributed by atoms with Crippen LogP contribution in [-0.2, 0) is 4.79 Å². The molecule has 0 saturated carbocycles. The lowest BCUT2D eigenvalue weighted by Crippen LogP contribution is -2.44. The smallest absolute Gasteiger partial charge is 0.248 e. The van der Waals surface area contributed by atoms with E-state index in [9.17, 15) is 4.79 Å². The lowest BCUT2D eigenvalue weighted by molar-refractivity contribution is -0.111. The number of amides is 1. The lowest BCUT2D eigenvalue weighted by atomic mass is 10.1. The second-order valence-corrected chi connectivity index (χ2v) is 9.54. The van der Waals surface area contributed by atoms with E-state index in [2.05, 4.69) is 50.1 Å². The van der Waals surface area contributed by atoms with Gasteiger partial charge in [-0.1, -0.05) is 36.9 Å². The van der Waals surface area contributed by atoms with Crippen molar-refractivity contribution in [2.24, 2.45) is 0 Å². The van der Waals surface area contributed by atoms with E-state index in [1.54, 1.807) is 25.5 Å². The van der Waals surface area contributed by atoms with E-state index in [-0.39, 0.29) is 5.91 Å². The number of methoxy groups -OCH3 is 1. The molecule has 9 nitrogen and oxygen atoms in total. The number of aromatic nitrogens is 3. The third kappa shape index (κ3) is 5.63. The van der Waals surface area contributed by atoms with Crippen molar-refractivity contribution in [2.75, 3.05) is 55.9 Å². The van der Waals surface area contributed by atoms with Crippen LogP contribution in [0, 0.1) is 6.92 Å². The molecule has 2 aromatic heterocycles. The second-order valence-electron chi connectivity index (χ2n) is 9.54. The van der Waals surface area contributed by atoms with Crippen molar-refractivity contribution in [1.82, 2.24) is 19.9 Å². The summed E-state index contributed by atoms with van der Waals surface area (Å²) in [6, 6.07) is 12.0. The maximum atomic E-state index is 12.7. The number of anilines is 4. The maximum absolute atomic E-state index is 12.7. The number of para-hydroxylation sites is 1. The zero-order valence-corrected chi connectivity index (χ0v) is 22.5. The zero-order chi connectivity index (χ0) is 27.4. The Morgan fingerprint density at radius 1 is 1.15 bits per heavy atom. The topological polar surface area (TPSA) is 98.4 Å². The number of nitrogens with zero attached hydrogens (tertiary/aromatic N) is 4. The molecule has 3 N–H and O–H groups in total. The van der Waals surface area contributed by atoms with E-state index in [4.69, 9.17) is 9.72 Å². The molecule has 0 spiro atoms. The zero-order valence-electron chi connectivity index (χ0n) is 22.5. The first kappa shape index (κ1) is 26.0. The van der Waals surface area contributed by atoms with E-state index in [0.29, 0.717) is 23.1 Å². The molecule has 1 saturated heterocycles. The number of H-pyrrole nitrogens is 1. The summed E-state index contributed by atoms with van der Waals surface area (Å²) in [5, 5.41) is 7.44. The molecule has 1 fully saturated rings. The third-order valence-electron chi connectivity index (χ3n) is 6.87. The molecule has 2 aromatic carbocycles. The van der Waals surface area contributed by atoms with Crippen LogP contribution >= 0.6 is 0 Å². The van der Waals surface area contributed by atoms with E-state index < -0.39 is 0 Å². The molecule has 1 amide bonds. The number of piperazine rings is 1. The first-order chi connectivity index (χ1) is 19.0. The van der Waals surface area contributed by atoms with Gasteiger partial charge in [0.05, 0.1) is 29.9 Å². The highest BCUT2D eigenvalue weighted by molar-refractivity contribution is 6.02. The lowest BCUT2D eigenvalue weighted by Gasteiger charge is -2.35. The minimum atomic E-state index is -0.241. The number of allylic oxidation sites excluding steroid dienone is 2. The van der Waals surface area contributed by atoms with E-state index in [1.807, 2.05) is 43.5 Å². The van der Waals surface area contributed by atoms with Crippen LogP contribution in [0.1, 0.15) is 5.56 Å². The number of rotatable bonds is 8. The number of nitrogens with one attached hydrogen (secondary N) is 3. The summed E-state index contributed by atoms with van der Waals surface area (Å²) in [5.74, 6) is 0.811. The number of carbonyl (C=O) groups excluding carboxylic acids is 1. The number of hydrogen-bond acceptors (Lipinski definition) is 7. The first-order valence-corrected chi connectivity index (χ1v) is 12.9. The van der Waals surface area contributed by atoms with Gasteiger partial charge in [-0.25, -0.2) is 9.97 Å². The van der Waals surface area contributed by atoms with Gasteiger partial charge in [-0.2, -0.15) is 0 Å². The number of benzene rings is 2. The standard InChI is InChI=1S/C30H33N7O2/c1-5-6-11-28(38)33-24-16-25(27(39-4)17-26(24)37-14-12-36(3)13-15-37)34-30-32-18-20(2)29(35-30)22-19-31-23-10-8-7-9-21(22)23/h5-11,16-19,31H,1,12-15H2,2-4H3,(H,33,38)(H,32,34,35)/b11-6-. The van der Waals surface area contributed by atoms with Crippen LogP contribution in [0.15, 0.2) is 73.6 Å². The monoisotopic (exact) mass is 523 g/mol. The van der Waals surface area contributed by atoms with Crippen LogP contribution in [0.3, 0.4) is 0 Å². The maximum Gasteiger partial charge on any atom is 0.248 e. The van der Waals surface area contributed by atoms with Crippen molar-refractivity contribution in [3.05, 3.63) is 79.2 Å². The van der Waals surface area contributed by atoms with Crippen LogP contribution in [-0.4, -0.2) is 66.1 Å². The minimum Gasteiger partial charge on any atom is -0.494 e. The van der Waals surface area contributed by atoms with Crippen molar-refractivity contribution >= 4 is 39.8 Å². The number of ether oxygens (including phenoxy) is 1. The number of carbonyl (C=O) groups is 1. The first-order valence-electron chi connectivity index (χ1n) is 12.9. The number of aromatic amines is 1. The third-order valence-corrected chi connectivity index (χ3v) is 6.87. The fourth-order valence-corrected chi connectivity index (χ4v) is 4.74. The van der Waals surface area contributed by atoms with E-state index >= 15 is 0 Å². The van der Waals surface area contributed by atoms with Crippen LogP contribution in [0.25, 0.3) is 22.2 Å². The molecule has 5 rings (SSSR count). The number of hydrogen-bond donors (Lipinski definition) is 3. The van der Waals surface area contributed by atoms with Gasteiger partial charge in [0.15, 0.2) is 0 Å². The summed E-state index contributed by atoms with van der Waals surface area (Å²) in [6.45, 7) is 9.19. The Kier molecular flexibility index (Phi) is 7.60. The van der Waals surface area contributed by atoms with Gasteiger partial charge >= 0.3 is 0 Å². The summed E-state index contributed by atoms with van der Waals surface area (Å²) < 4.78 is 5.78. The molecule has 0 aliphatic carbocycles. The number of aryl methyl sites for hydroxylation is 1. The highest BCUT2D eigenvalue weighted by atomic mass is 16.5. The highest BCUT2D eigenvalue weighted by Gasteiger charge is 2.21. The van der Waals surface area contributed by atoms with Crippen LogP contribution < -0.4 is 20.3 Å². The fraction of sp³-hybridized carbons (Fsp3) is 0.233. The predicted molar refractivity (Wildman–Crippen MR) is 158 cm³/mol. The van der Waals surface area contributed by atoms with Gasteiger partial charge in [-0.05, 0) is 31.7 Å². The summed E-state index contributed by atoms with van der Waals surface area (Å²) in [7, 11) is 3.74. The molecule has 0 radical (unpaired) electrons.